The molecule has 2 atom stereocenters. The third-order valence-electron chi connectivity index (χ3n) is 4.47. The van der Waals surface area contributed by atoms with Crippen molar-refractivity contribution in [1.82, 2.24) is 10.6 Å². The highest BCUT2D eigenvalue weighted by molar-refractivity contribution is 7.91. The smallest absolute Gasteiger partial charge is 0.226 e. The van der Waals surface area contributed by atoms with Gasteiger partial charge in [-0.3, -0.25) is 4.79 Å². The zero-order valence-electron chi connectivity index (χ0n) is 11.7. The average Bonchev–Trinajstić information content (AvgIpc) is 2.69. The molecule has 2 saturated heterocycles. The number of carbonyl (C=O) groups is 1. The molecule has 19 heavy (non-hydrogen) atoms. The second kappa shape index (κ2) is 5.40. The molecule has 2 aliphatic rings. The molecule has 0 aliphatic carbocycles. The van der Waals surface area contributed by atoms with Crippen molar-refractivity contribution < 1.29 is 13.2 Å². The van der Waals surface area contributed by atoms with Crippen LogP contribution in [-0.2, 0) is 14.6 Å². The summed E-state index contributed by atoms with van der Waals surface area (Å²) in [6, 6.07) is -0.201. The van der Waals surface area contributed by atoms with Crippen molar-refractivity contribution in [2.75, 3.05) is 24.6 Å². The molecule has 0 radical (unpaired) electrons. The molecule has 6 heteroatoms. The number of sulfone groups is 1. The summed E-state index contributed by atoms with van der Waals surface area (Å²) >= 11 is 0. The van der Waals surface area contributed by atoms with Crippen LogP contribution in [0.2, 0.25) is 0 Å². The molecule has 0 aromatic carbocycles. The molecule has 0 aromatic heterocycles. The molecular formula is C13H24N2O3S. The lowest BCUT2D eigenvalue weighted by Gasteiger charge is -2.36. The summed E-state index contributed by atoms with van der Waals surface area (Å²) in [5.41, 5.74) is -0.445. The molecule has 2 rings (SSSR count). The lowest BCUT2D eigenvalue weighted by atomic mass is 9.74. The number of nitrogens with one attached hydrogen (secondary N) is 2. The summed E-state index contributed by atoms with van der Waals surface area (Å²) in [7, 11) is -2.94. The van der Waals surface area contributed by atoms with Gasteiger partial charge < -0.3 is 10.6 Å². The summed E-state index contributed by atoms with van der Waals surface area (Å²) in [6.07, 6.45) is 2.70. The van der Waals surface area contributed by atoms with E-state index in [9.17, 15) is 13.2 Å². The van der Waals surface area contributed by atoms with Gasteiger partial charge in [0.1, 0.15) is 0 Å². The van der Waals surface area contributed by atoms with Crippen molar-refractivity contribution in [3.63, 3.8) is 0 Å². The fourth-order valence-electron chi connectivity index (χ4n) is 2.93. The molecule has 2 N–H and O–H groups in total. The van der Waals surface area contributed by atoms with Crippen molar-refractivity contribution in [3.05, 3.63) is 0 Å². The molecule has 110 valence electrons. The molecule has 2 aliphatic heterocycles. The third kappa shape index (κ3) is 3.48. The van der Waals surface area contributed by atoms with Gasteiger partial charge in [-0.05, 0) is 38.3 Å². The fraction of sp³-hybridized carbons (Fsp3) is 0.923. The summed E-state index contributed by atoms with van der Waals surface area (Å²) in [6.45, 7) is 5.81. The Morgan fingerprint density at radius 3 is 2.58 bits per heavy atom. The van der Waals surface area contributed by atoms with Gasteiger partial charge in [-0.2, -0.15) is 0 Å². The normalized spacial score (nSPS) is 31.1. The predicted octanol–water partition coefficient (Wildman–Crippen LogP) is 0.316. The van der Waals surface area contributed by atoms with E-state index in [1.165, 1.54) is 0 Å². The Balaban J connectivity index is 1.94. The van der Waals surface area contributed by atoms with Crippen molar-refractivity contribution in [1.29, 1.82) is 0 Å². The zero-order chi connectivity index (χ0) is 14.1. The second-order valence-corrected chi connectivity index (χ2v) is 8.57. The molecule has 0 spiro atoms. The first-order chi connectivity index (χ1) is 8.81. The van der Waals surface area contributed by atoms with Crippen molar-refractivity contribution in [3.8, 4) is 0 Å². The van der Waals surface area contributed by atoms with Gasteiger partial charge >= 0.3 is 0 Å². The minimum atomic E-state index is -2.94. The van der Waals surface area contributed by atoms with Crippen LogP contribution in [0.5, 0.6) is 0 Å². The molecule has 1 amide bonds. The number of hydrogen-bond donors (Lipinski definition) is 2. The Morgan fingerprint density at radius 2 is 2.05 bits per heavy atom. The number of piperidine rings is 1. The highest BCUT2D eigenvalue weighted by atomic mass is 32.2. The monoisotopic (exact) mass is 288 g/mol. The van der Waals surface area contributed by atoms with E-state index in [4.69, 9.17) is 0 Å². The topological polar surface area (TPSA) is 75.3 Å². The Labute approximate surface area is 115 Å². The second-order valence-electron chi connectivity index (χ2n) is 6.34. The first kappa shape index (κ1) is 14.8. The van der Waals surface area contributed by atoms with Crippen LogP contribution in [0, 0.1) is 11.3 Å². The van der Waals surface area contributed by atoms with E-state index in [1.54, 1.807) is 0 Å². The molecule has 0 aromatic rings. The first-order valence-corrected chi connectivity index (χ1v) is 8.85. The van der Waals surface area contributed by atoms with Gasteiger partial charge in [0.25, 0.3) is 0 Å². The number of rotatable bonds is 3. The number of amides is 1. The minimum absolute atomic E-state index is 0.0108. The highest BCUT2D eigenvalue weighted by Gasteiger charge is 2.39. The third-order valence-corrected chi connectivity index (χ3v) is 6.24. The van der Waals surface area contributed by atoms with E-state index in [0.717, 1.165) is 25.9 Å². The van der Waals surface area contributed by atoms with Gasteiger partial charge in [-0.25, -0.2) is 8.42 Å². The van der Waals surface area contributed by atoms with Gasteiger partial charge in [0.2, 0.25) is 5.91 Å². The highest BCUT2D eigenvalue weighted by Crippen LogP contribution is 2.32. The van der Waals surface area contributed by atoms with Crippen LogP contribution in [0.4, 0.5) is 0 Å². The van der Waals surface area contributed by atoms with Crippen LogP contribution >= 0.6 is 0 Å². The Morgan fingerprint density at radius 1 is 1.32 bits per heavy atom. The summed E-state index contributed by atoms with van der Waals surface area (Å²) in [5, 5.41) is 6.25. The number of carbonyl (C=O) groups excluding carboxylic acids is 1. The van der Waals surface area contributed by atoms with Gasteiger partial charge in [-0.1, -0.05) is 13.8 Å². The van der Waals surface area contributed by atoms with E-state index >= 15 is 0 Å². The van der Waals surface area contributed by atoms with Crippen molar-refractivity contribution in [2.45, 2.75) is 39.2 Å². The zero-order valence-corrected chi connectivity index (χ0v) is 12.6. The van der Waals surface area contributed by atoms with Crippen LogP contribution in [0.25, 0.3) is 0 Å². The lowest BCUT2D eigenvalue weighted by Crippen LogP contribution is -2.50. The largest absolute Gasteiger partial charge is 0.352 e. The summed E-state index contributed by atoms with van der Waals surface area (Å²) in [4.78, 5) is 12.4. The average molecular weight is 288 g/mol. The molecule has 0 saturated carbocycles. The summed E-state index contributed by atoms with van der Waals surface area (Å²) < 4.78 is 22.8. The fourth-order valence-corrected chi connectivity index (χ4v) is 4.61. The van der Waals surface area contributed by atoms with E-state index in [1.807, 2.05) is 13.8 Å². The Hall–Kier alpha value is -0.620. The standard InChI is InChI=1S/C13H24N2O3S/c1-13(2,10-4-3-6-14-8-10)12(16)15-11-5-7-19(17,18)9-11/h10-11,14H,3-9H2,1-2H3,(H,15,16). The molecule has 2 unspecified atom stereocenters. The molecule has 5 nitrogen and oxygen atoms in total. The Bertz CT molecular complexity index is 439. The van der Waals surface area contributed by atoms with Gasteiger partial charge in [-0.15, -0.1) is 0 Å². The predicted molar refractivity (Wildman–Crippen MR) is 74.6 cm³/mol. The van der Waals surface area contributed by atoms with E-state index in [2.05, 4.69) is 10.6 Å². The van der Waals surface area contributed by atoms with Crippen molar-refractivity contribution >= 4 is 15.7 Å². The van der Waals surface area contributed by atoms with E-state index in [-0.39, 0.29) is 23.5 Å². The van der Waals surface area contributed by atoms with Crippen LogP contribution in [0.3, 0.4) is 0 Å². The van der Waals surface area contributed by atoms with Crippen LogP contribution < -0.4 is 10.6 Å². The quantitative estimate of drug-likeness (QED) is 0.784. The van der Waals surface area contributed by atoms with Crippen LogP contribution in [-0.4, -0.2) is 45.0 Å². The molecule has 2 heterocycles. The number of hydrogen-bond acceptors (Lipinski definition) is 4. The maximum absolute atomic E-state index is 12.4. The van der Waals surface area contributed by atoms with E-state index in [0.29, 0.717) is 12.3 Å². The van der Waals surface area contributed by atoms with Crippen LogP contribution in [0.15, 0.2) is 0 Å². The minimum Gasteiger partial charge on any atom is -0.352 e. The van der Waals surface area contributed by atoms with Crippen molar-refractivity contribution in [2.24, 2.45) is 11.3 Å². The maximum atomic E-state index is 12.4. The van der Waals surface area contributed by atoms with E-state index < -0.39 is 15.3 Å². The molecule has 2 fully saturated rings. The molecule has 0 bridgehead atoms. The molecular weight excluding hydrogens is 264 g/mol. The Kier molecular flexibility index (Phi) is 4.20. The summed E-state index contributed by atoms with van der Waals surface area (Å²) in [5.74, 6) is 0.601. The van der Waals surface area contributed by atoms with Gasteiger partial charge in [0.15, 0.2) is 9.84 Å². The SMILES string of the molecule is CC(C)(C(=O)NC1CCS(=O)(=O)C1)C1CCCNC1. The lowest BCUT2D eigenvalue weighted by molar-refractivity contribution is -0.133. The van der Waals surface area contributed by atoms with Gasteiger partial charge in [0, 0.05) is 11.5 Å². The van der Waals surface area contributed by atoms with Gasteiger partial charge in [0.05, 0.1) is 11.5 Å². The maximum Gasteiger partial charge on any atom is 0.226 e. The first-order valence-electron chi connectivity index (χ1n) is 7.03. The van der Waals surface area contributed by atoms with Crippen LogP contribution in [0.1, 0.15) is 33.1 Å².